The van der Waals surface area contributed by atoms with Crippen molar-refractivity contribution in [2.45, 2.75) is 46.4 Å². The second-order valence-electron chi connectivity index (χ2n) is 6.80. The van der Waals surface area contributed by atoms with Gasteiger partial charge >= 0.3 is 0 Å². The quantitative estimate of drug-likeness (QED) is 0.505. The van der Waals surface area contributed by atoms with Crippen molar-refractivity contribution < 1.29 is 9.47 Å². The summed E-state index contributed by atoms with van der Waals surface area (Å²) in [6, 6.07) is 8.05. The summed E-state index contributed by atoms with van der Waals surface area (Å²) in [5.41, 5.74) is 2.15. The largest absolute Gasteiger partial charge is 0.489 e. The second kappa shape index (κ2) is 11.0. The lowest BCUT2D eigenvalue weighted by Crippen LogP contribution is -2.39. The number of ether oxygens (including phenoxy) is 2. The number of aryl methyl sites for hydroxylation is 1. The topological polar surface area (TPSA) is 59.0 Å². The highest BCUT2D eigenvalue weighted by Crippen LogP contribution is 2.21. The summed E-state index contributed by atoms with van der Waals surface area (Å²) < 4.78 is 11.4. The fourth-order valence-corrected chi connectivity index (χ4v) is 3.47. The van der Waals surface area contributed by atoms with Gasteiger partial charge in [-0.1, -0.05) is 18.2 Å². The maximum Gasteiger partial charge on any atom is 0.194 e. The van der Waals surface area contributed by atoms with Crippen molar-refractivity contribution in [2.75, 3.05) is 27.2 Å². The maximum atomic E-state index is 6.04. The molecule has 2 unspecified atom stereocenters. The van der Waals surface area contributed by atoms with E-state index in [1.807, 2.05) is 39.1 Å². The highest BCUT2D eigenvalue weighted by atomic mass is 32.1. The van der Waals surface area contributed by atoms with Crippen molar-refractivity contribution in [3.05, 3.63) is 45.9 Å². The Bertz CT molecular complexity index is 762. The molecule has 1 aromatic carbocycles. The van der Waals surface area contributed by atoms with Crippen molar-refractivity contribution in [1.29, 1.82) is 0 Å². The number of hydrogen-bond acceptors (Lipinski definition) is 5. The molecule has 0 aliphatic carbocycles. The number of nitrogens with one attached hydrogen (secondary N) is 1. The molecule has 0 spiro atoms. The van der Waals surface area contributed by atoms with E-state index in [0.29, 0.717) is 13.1 Å². The normalized spacial score (nSPS) is 13.9. The monoisotopic (exact) mass is 404 g/mol. The van der Waals surface area contributed by atoms with Crippen LogP contribution >= 0.6 is 11.3 Å². The van der Waals surface area contributed by atoms with Crippen molar-refractivity contribution in [2.24, 2.45) is 4.99 Å². The Morgan fingerprint density at radius 1 is 1.32 bits per heavy atom. The standard InChI is InChI=1S/C21H32N4O2S/c1-7-22-21(23-12-16(3)27-19-11-9-8-10-15(19)2)25(5)13-18-14-28-20(24-18)17(4)26-6/h8-11,14,16-17H,7,12-13H2,1-6H3,(H,22,23). The Balaban J connectivity index is 1.98. The fraction of sp³-hybridized carbons (Fsp3) is 0.524. The molecule has 6 nitrogen and oxygen atoms in total. The molecular weight excluding hydrogens is 372 g/mol. The van der Waals surface area contributed by atoms with E-state index < -0.39 is 0 Å². The summed E-state index contributed by atoms with van der Waals surface area (Å²) in [7, 11) is 3.72. The number of rotatable bonds is 9. The van der Waals surface area contributed by atoms with E-state index in [9.17, 15) is 0 Å². The van der Waals surface area contributed by atoms with Gasteiger partial charge in [0, 0.05) is 26.1 Å². The van der Waals surface area contributed by atoms with Gasteiger partial charge in [-0.2, -0.15) is 0 Å². The number of aromatic nitrogens is 1. The molecule has 0 aliphatic rings. The number of para-hydroxylation sites is 1. The number of benzene rings is 1. The lowest BCUT2D eigenvalue weighted by atomic mass is 10.2. The Kier molecular flexibility index (Phi) is 8.73. The maximum absolute atomic E-state index is 6.04. The van der Waals surface area contributed by atoms with Crippen LogP contribution in [0.4, 0.5) is 0 Å². The molecule has 0 fully saturated rings. The summed E-state index contributed by atoms with van der Waals surface area (Å²) in [5, 5.41) is 6.42. The predicted octanol–water partition coefficient (Wildman–Crippen LogP) is 4.02. The molecule has 2 rings (SSSR count). The Hall–Kier alpha value is -2.12. The number of hydrogen-bond donors (Lipinski definition) is 1. The van der Waals surface area contributed by atoms with Crippen molar-refractivity contribution >= 4 is 17.3 Å². The number of guanidine groups is 1. The molecule has 0 aliphatic heterocycles. The van der Waals surface area contributed by atoms with Crippen molar-refractivity contribution in [3.8, 4) is 5.75 Å². The SMILES string of the molecule is CCNC(=NCC(C)Oc1ccccc1C)N(C)Cc1csc(C(C)OC)n1. The third-order valence-corrected chi connectivity index (χ3v) is 5.34. The molecule has 154 valence electrons. The molecule has 0 saturated carbocycles. The minimum atomic E-state index is -0.0171. The highest BCUT2D eigenvalue weighted by Gasteiger charge is 2.13. The van der Waals surface area contributed by atoms with Crippen LogP contribution in [0.15, 0.2) is 34.6 Å². The third-order valence-electron chi connectivity index (χ3n) is 4.29. The predicted molar refractivity (Wildman–Crippen MR) is 116 cm³/mol. The molecule has 0 radical (unpaired) electrons. The van der Waals surface area contributed by atoms with E-state index in [1.165, 1.54) is 0 Å². The van der Waals surface area contributed by atoms with Crippen LogP contribution in [-0.2, 0) is 11.3 Å². The smallest absolute Gasteiger partial charge is 0.194 e. The number of thiazole rings is 1. The average Bonchev–Trinajstić information content (AvgIpc) is 3.14. The second-order valence-corrected chi connectivity index (χ2v) is 7.69. The van der Waals surface area contributed by atoms with E-state index in [-0.39, 0.29) is 12.2 Å². The Morgan fingerprint density at radius 2 is 2.07 bits per heavy atom. The molecule has 2 atom stereocenters. The lowest BCUT2D eigenvalue weighted by molar-refractivity contribution is 0.119. The molecule has 0 bridgehead atoms. The number of nitrogens with zero attached hydrogens (tertiary/aromatic N) is 3. The van der Waals surface area contributed by atoms with Gasteiger partial charge in [0.2, 0.25) is 0 Å². The van der Waals surface area contributed by atoms with Crippen LogP contribution in [-0.4, -0.2) is 49.2 Å². The lowest BCUT2D eigenvalue weighted by Gasteiger charge is -2.22. The van der Waals surface area contributed by atoms with Gasteiger partial charge in [0.05, 0.1) is 18.8 Å². The molecule has 0 saturated heterocycles. The molecule has 28 heavy (non-hydrogen) atoms. The van der Waals surface area contributed by atoms with Crippen LogP contribution in [0.2, 0.25) is 0 Å². The Morgan fingerprint density at radius 3 is 2.75 bits per heavy atom. The summed E-state index contributed by atoms with van der Waals surface area (Å²) in [6.45, 7) is 10.2. The first-order valence-corrected chi connectivity index (χ1v) is 10.5. The number of aliphatic imine (C=N–C) groups is 1. The summed E-state index contributed by atoms with van der Waals surface area (Å²) >= 11 is 1.63. The fourth-order valence-electron chi connectivity index (χ4n) is 2.63. The first-order chi connectivity index (χ1) is 13.4. The zero-order chi connectivity index (χ0) is 20.5. The minimum Gasteiger partial charge on any atom is -0.489 e. The minimum absolute atomic E-state index is 0.0171. The van der Waals surface area contributed by atoms with Gasteiger partial charge in [-0.25, -0.2) is 9.98 Å². The van der Waals surface area contributed by atoms with Crippen LogP contribution in [0, 0.1) is 6.92 Å². The summed E-state index contributed by atoms with van der Waals surface area (Å²) in [6.07, 6.45) is 0.00184. The highest BCUT2D eigenvalue weighted by molar-refractivity contribution is 7.09. The van der Waals surface area contributed by atoms with Crippen LogP contribution in [0.3, 0.4) is 0 Å². The van der Waals surface area contributed by atoms with E-state index in [1.54, 1.807) is 18.4 Å². The molecule has 7 heteroatoms. The van der Waals surface area contributed by atoms with Gasteiger partial charge in [-0.15, -0.1) is 11.3 Å². The van der Waals surface area contributed by atoms with Gasteiger partial charge in [-0.05, 0) is 39.3 Å². The van der Waals surface area contributed by atoms with E-state index >= 15 is 0 Å². The van der Waals surface area contributed by atoms with Crippen molar-refractivity contribution in [3.63, 3.8) is 0 Å². The van der Waals surface area contributed by atoms with Gasteiger partial charge < -0.3 is 19.7 Å². The van der Waals surface area contributed by atoms with E-state index in [0.717, 1.165) is 34.5 Å². The van der Waals surface area contributed by atoms with Gasteiger partial charge in [0.15, 0.2) is 5.96 Å². The summed E-state index contributed by atoms with van der Waals surface area (Å²) in [5.74, 6) is 1.75. The van der Waals surface area contributed by atoms with Gasteiger partial charge in [0.1, 0.15) is 23.0 Å². The van der Waals surface area contributed by atoms with Crippen LogP contribution in [0.25, 0.3) is 0 Å². The van der Waals surface area contributed by atoms with Crippen molar-refractivity contribution in [1.82, 2.24) is 15.2 Å². The molecule has 1 aromatic heterocycles. The molecule has 1 heterocycles. The molecular formula is C21H32N4O2S. The zero-order valence-electron chi connectivity index (χ0n) is 17.7. The van der Waals surface area contributed by atoms with Crippen LogP contribution < -0.4 is 10.1 Å². The van der Waals surface area contributed by atoms with E-state index in [2.05, 4.69) is 40.5 Å². The first-order valence-electron chi connectivity index (χ1n) is 9.63. The van der Waals surface area contributed by atoms with Crippen LogP contribution in [0.5, 0.6) is 5.75 Å². The van der Waals surface area contributed by atoms with Gasteiger partial charge in [0.25, 0.3) is 0 Å². The molecule has 1 N–H and O–H groups in total. The third kappa shape index (κ3) is 6.49. The van der Waals surface area contributed by atoms with E-state index in [4.69, 9.17) is 14.5 Å². The molecule has 2 aromatic rings. The number of methoxy groups -OCH3 is 1. The molecule has 0 amide bonds. The van der Waals surface area contributed by atoms with Crippen LogP contribution in [0.1, 0.15) is 43.1 Å². The Labute approximate surface area is 172 Å². The van der Waals surface area contributed by atoms with Gasteiger partial charge in [-0.3, -0.25) is 0 Å². The zero-order valence-corrected chi connectivity index (χ0v) is 18.5. The first kappa shape index (κ1) is 22.2. The average molecular weight is 405 g/mol. The summed E-state index contributed by atoms with van der Waals surface area (Å²) in [4.78, 5) is 11.5.